The zero-order valence-electron chi connectivity index (χ0n) is 22.3. The molecular formula is C28H32F3O6S3+. The summed E-state index contributed by atoms with van der Waals surface area (Å²) in [5.41, 5.74) is 0.133. The fourth-order valence-corrected chi connectivity index (χ4v) is 5.77. The minimum atomic E-state index is -3.65. The van der Waals surface area contributed by atoms with Gasteiger partial charge in [-0.3, -0.25) is 0 Å². The molecule has 0 heterocycles. The van der Waals surface area contributed by atoms with E-state index in [-0.39, 0.29) is 28.5 Å². The molecule has 2 atom stereocenters. The number of benzene rings is 2. The molecule has 2 rings (SSSR count). The highest BCUT2D eigenvalue weighted by molar-refractivity contribution is 8.00. The number of rotatable bonds is 14. The van der Waals surface area contributed by atoms with Gasteiger partial charge in [-0.15, -0.1) is 0 Å². The Hall–Kier alpha value is -2.93. The van der Waals surface area contributed by atoms with E-state index in [0.29, 0.717) is 5.75 Å². The molecule has 2 unspecified atom stereocenters. The van der Waals surface area contributed by atoms with Crippen molar-refractivity contribution in [3.63, 3.8) is 0 Å². The minimum Gasteiger partial charge on any atom is -0.462 e. The number of carbonyl (C=O) groups excluding carboxylic acids is 1. The van der Waals surface area contributed by atoms with Crippen molar-refractivity contribution >= 4 is 39.0 Å². The van der Waals surface area contributed by atoms with E-state index >= 15 is 0 Å². The Morgan fingerprint density at radius 1 is 1.10 bits per heavy atom. The number of hydrogen-bond acceptors (Lipinski definition) is 7. The fourth-order valence-electron chi connectivity index (χ4n) is 2.82. The summed E-state index contributed by atoms with van der Waals surface area (Å²) in [5.74, 6) is -0.430. The number of hydrogen-bond donors (Lipinski definition) is 0. The van der Waals surface area contributed by atoms with Gasteiger partial charge in [0.05, 0.1) is 42.9 Å². The van der Waals surface area contributed by atoms with Crippen molar-refractivity contribution in [3.8, 4) is 5.75 Å². The first-order chi connectivity index (χ1) is 18.8. The van der Waals surface area contributed by atoms with Gasteiger partial charge < -0.3 is 13.1 Å². The third-order valence-electron chi connectivity index (χ3n) is 4.52. The maximum Gasteiger partial charge on any atom is 0.348 e. The summed E-state index contributed by atoms with van der Waals surface area (Å²) in [6.07, 6.45) is 3.49. The normalized spacial score (nSPS) is 13.2. The summed E-state index contributed by atoms with van der Waals surface area (Å²) in [6, 6.07) is 17.1. The Bertz CT molecular complexity index is 1260. The molecule has 0 saturated carbocycles. The summed E-state index contributed by atoms with van der Waals surface area (Å²) in [4.78, 5) is 14.1. The van der Waals surface area contributed by atoms with Crippen LogP contribution in [0, 0.1) is 0 Å². The topological polar surface area (TPSA) is 78.9 Å². The predicted octanol–water partition coefficient (Wildman–Crippen LogP) is 7.04. The van der Waals surface area contributed by atoms with Crippen LogP contribution in [-0.2, 0) is 34.7 Å². The lowest BCUT2D eigenvalue weighted by Gasteiger charge is -2.18. The molecule has 218 valence electrons. The van der Waals surface area contributed by atoms with Gasteiger partial charge in [-0.25, -0.2) is 9.18 Å². The molecule has 0 bridgehead atoms. The first-order valence-electron chi connectivity index (χ1n) is 11.6. The standard InChI is InChI=1S/C19H19O3S2.C9H13F3O3S/c1-4-9-17(5-2)23(18-10-7-6-8-11-18)19-14-12-16(13-15-19)22-24(3,20)21;1-6(2)8(13)15-5-4-7(10)9(11,12)16-14-3/h4-15H,1-2H2,3H3;7H,1,4-5H2,2-3H3/q+1;/b17-9+;. The van der Waals surface area contributed by atoms with Crippen molar-refractivity contribution in [1.29, 1.82) is 0 Å². The van der Waals surface area contributed by atoms with Crippen molar-refractivity contribution in [2.24, 2.45) is 0 Å². The van der Waals surface area contributed by atoms with Crippen LogP contribution < -0.4 is 4.18 Å². The second kappa shape index (κ2) is 17.0. The first kappa shape index (κ1) is 35.1. The lowest BCUT2D eigenvalue weighted by molar-refractivity contribution is -0.140. The summed E-state index contributed by atoms with van der Waals surface area (Å²) in [7, 11) is -2.86. The highest BCUT2D eigenvalue weighted by Gasteiger charge is 2.41. The largest absolute Gasteiger partial charge is 0.462 e. The van der Waals surface area contributed by atoms with E-state index in [0.717, 1.165) is 28.1 Å². The number of alkyl halides is 3. The van der Waals surface area contributed by atoms with Crippen LogP contribution in [0.1, 0.15) is 13.3 Å². The minimum absolute atomic E-state index is 0.133. The number of ether oxygens (including phenoxy) is 1. The SMILES string of the molecule is C=C(C)C(=O)OCCC(F)C(F)(F)SOC.C=C/C=C(\C=C)[S+](c1ccccc1)c1ccc(OS(C)(=O)=O)cc1. The Kier molecular flexibility index (Phi) is 14.9. The Labute approximate surface area is 241 Å². The van der Waals surface area contributed by atoms with Crippen molar-refractivity contribution in [2.45, 2.75) is 34.6 Å². The summed E-state index contributed by atoms with van der Waals surface area (Å²) >= 11 is -0.260. The quantitative estimate of drug-likeness (QED) is 0.0562. The van der Waals surface area contributed by atoms with Crippen molar-refractivity contribution < 1.29 is 39.5 Å². The third kappa shape index (κ3) is 12.5. The first-order valence-corrected chi connectivity index (χ1v) is 15.3. The molecule has 0 aliphatic heterocycles. The molecule has 12 heteroatoms. The van der Waals surface area contributed by atoms with Gasteiger partial charge in [0.15, 0.2) is 20.9 Å². The molecule has 0 amide bonds. The molecule has 0 aromatic heterocycles. The lowest BCUT2D eigenvalue weighted by atomic mass is 10.3. The Balaban J connectivity index is 0.000000437. The molecular weight excluding hydrogens is 585 g/mol. The van der Waals surface area contributed by atoms with Crippen LogP contribution in [0.4, 0.5) is 13.2 Å². The van der Waals surface area contributed by atoms with Crippen LogP contribution in [0.5, 0.6) is 5.75 Å². The van der Waals surface area contributed by atoms with Gasteiger partial charge in [0.25, 0.3) is 0 Å². The number of halogens is 3. The molecule has 0 spiro atoms. The molecule has 0 saturated heterocycles. The van der Waals surface area contributed by atoms with E-state index < -0.39 is 40.5 Å². The smallest absolute Gasteiger partial charge is 0.348 e. The van der Waals surface area contributed by atoms with E-state index in [4.69, 9.17) is 4.18 Å². The summed E-state index contributed by atoms with van der Waals surface area (Å²) in [5, 5.41) is -3.65. The van der Waals surface area contributed by atoms with Gasteiger partial charge in [-0.2, -0.15) is 17.2 Å². The van der Waals surface area contributed by atoms with Crippen molar-refractivity contribution in [1.82, 2.24) is 0 Å². The van der Waals surface area contributed by atoms with Gasteiger partial charge in [0, 0.05) is 12.0 Å². The van der Waals surface area contributed by atoms with Crippen LogP contribution >= 0.6 is 12.0 Å². The monoisotopic (exact) mass is 617 g/mol. The number of carbonyl (C=O) groups is 1. The molecule has 6 nitrogen and oxygen atoms in total. The van der Waals surface area contributed by atoms with Gasteiger partial charge >= 0.3 is 21.3 Å². The van der Waals surface area contributed by atoms with Crippen molar-refractivity contribution in [2.75, 3.05) is 20.0 Å². The highest BCUT2D eigenvalue weighted by atomic mass is 32.2. The summed E-state index contributed by atoms with van der Waals surface area (Å²) < 4.78 is 74.5. The second-order valence-corrected chi connectivity index (χ2v) is 12.5. The average Bonchev–Trinajstić information content (AvgIpc) is 2.89. The van der Waals surface area contributed by atoms with Crippen molar-refractivity contribution in [3.05, 3.63) is 103 Å². The van der Waals surface area contributed by atoms with E-state index in [1.54, 1.807) is 18.2 Å². The van der Waals surface area contributed by atoms with Gasteiger partial charge in [0.2, 0.25) is 0 Å². The number of esters is 1. The van der Waals surface area contributed by atoms with Gasteiger partial charge in [-0.1, -0.05) is 44.0 Å². The second-order valence-electron chi connectivity index (χ2n) is 7.87. The molecule has 0 N–H and O–H groups in total. The van der Waals surface area contributed by atoms with Crippen LogP contribution in [0.3, 0.4) is 0 Å². The summed E-state index contributed by atoms with van der Waals surface area (Å²) in [6.45, 7) is 11.9. The third-order valence-corrected chi connectivity index (χ3v) is 7.92. The van der Waals surface area contributed by atoms with E-state index in [2.05, 4.69) is 40.8 Å². The van der Waals surface area contributed by atoms with Crippen LogP contribution in [0.25, 0.3) is 0 Å². The lowest BCUT2D eigenvalue weighted by Crippen LogP contribution is -2.28. The zero-order chi connectivity index (χ0) is 30.3. The molecule has 40 heavy (non-hydrogen) atoms. The van der Waals surface area contributed by atoms with Crippen LogP contribution in [0.15, 0.2) is 113 Å². The zero-order valence-corrected chi connectivity index (χ0v) is 24.8. The number of allylic oxidation sites excluding steroid dienone is 3. The highest BCUT2D eigenvalue weighted by Crippen LogP contribution is 2.36. The molecule has 0 aliphatic carbocycles. The molecule has 0 aliphatic rings. The van der Waals surface area contributed by atoms with E-state index in [9.17, 15) is 26.4 Å². The Morgan fingerprint density at radius 2 is 1.68 bits per heavy atom. The van der Waals surface area contributed by atoms with Crippen LogP contribution in [0.2, 0.25) is 0 Å². The van der Waals surface area contributed by atoms with Gasteiger partial charge in [0.1, 0.15) is 5.75 Å². The van der Waals surface area contributed by atoms with Gasteiger partial charge in [-0.05, 0) is 55.5 Å². The average molecular weight is 618 g/mol. The molecule has 0 radical (unpaired) electrons. The molecule has 2 aromatic carbocycles. The van der Waals surface area contributed by atoms with E-state index in [1.165, 1.54) is 6.92 Å². The van der Waals surface area contributed by atoms with E-state index in [1.807, 2.05) is 42.5 Å². The maximum atomic E-state index is 13.0. The Morgan fingerprint density at radius 3 is 2.15 bits per heavy atom. The molecule has 2 aromatic rings. The maximum absolute atomic E-state index is 13.0. The molecule has 0 fully saturated rings. The predicted molar refractivity (Wildman–Crippen MR) is 156 cm³/mol. The van der Waals surface area contributed by atoms with Crippen LogP contribution in [-0.4, -0.2) is 45.8 Å². The fraction of sp³-hybridized carbons (Fsp3) is 0.250.